The summed E-state index contributed by atoms with van der Waals surface area (Å²) < 4.78 is 17.1. The first-order valence-corrected chi connectivity index (χ1v) is 9.36. The van der Waals surface area contributed by atoms with Gasteiger partial charge in [-0.3, -0.25) is 0 Å². The summed E-state index contributed by atoms with van der Waals surface area (Å²) in [4.78, 5) is 3.31. The van der Waals surface area contributed by atoms with Crippen LogP contribution in [0.15, 0.2) is 24.3 Å². The number of hydrogen-bond acceptors (Lipinski definition) is 3. The SMILES string of the molecule is CCCCOc1cccc(OCCOCC[NH+]2CC[NH+](C)CC2)c1. The summed E-state index contributed by atoms with van der Waals surface area (Å²) in [5.41, 5.74) is 0. The van der Waals surface area contributed by atoms with Crippen molar-refractivity contribution in [3.05, 3.63) is 24.3 Å². The van der Waals surface area contributed by atoms with Crippen molar-refractivity contribution in [2.75, 3.05) is 66.2 Å². The standard InChI is InChI=1S/C19H32N2O3/c1-3-4-13-23-18-6-5-7-19(17-18)24-16-15-22-14-12-21-10-8-20(2)9-11-21/h5-7,17H,3-4,8-16H2,1-2H3/p+2. The smallest absolute Gasteiger partial charge is 0.127 e. The number of quaternary nitrogens is 2. The van der Waals surface area contributed by atoms with Crippen molar-refractivity contribution >= 4 is 0 Å². The van der Waals surface area contributed by atoms with Gasteiger partial charge in [-0.05, 0) is 18.6 Å². The van der Waals surface area contributed by atoms with E-state index in [1.54, 1.807) is 9.80 Å². The van der Waals surface area contributed by atoms with Crippen LogP contribution < -0.4 is 19.3 Å². The fraction of sp³-hybridized carbons (Fsp3) is 0.684. The summed E-state index contributed by atoms with van der Waals surface area (Å²) >= 11 is 0. The van der Waals surface area contributed by atoms with E-state index < -0.39 is 0 Å². The number of benzene rings is 1. The van der Waals surface area contributed by atoms with Crippen molar-refractivity contribution in [1.82, 2.24) is 0 Å². The fourth-order valence-corrected chi connectivity index (χ4v) is 2.81. The molecule has 2 N–H and O–H groups in total. The van der Waals surface area contributed by atoms with Crippen molar-refractivity contribution in [3.63, 3.8) is 0 Å². The molecule has 1 aliphatic rings. The van der Waals surface area contributed by atoms with E-state index in [2.05, 4.69) is 14.0 Å². The van der Waals surface area contributed by atoms with Crippen LogP contribution in [0.1, 0.15) is 19.8 Å². The molecule has 0 atom stereocenters. The molecule has 0 aromatic heterocycles. The minimum atomic E-state index is 0.584. The van der Waals surface area contributed by atoms with Gasteiger partial charge in [0.05, 0.1) is 26.9 Å². The third kappa shape index (κ3) is 7.51. The lowest BCUT2D eigenvalue weighted by atomic mass is 10.3. The normalized spacial score (nSPS) is 20.8. The van der Waals surface area contributed by atoms with E-state index in [9.17, 15) is 0 Å². The number of nitrogens with one attached hydrogen (secondary N) is 2. The van der Waals surface area contributed by atoms with Crippen LogP contribution >= 0.6 is 0 Å². The van der Waals surface area contributed by atoms with E-state index in [-0.39, 0.29) is 0 Å². The third-order valence-electron chi connectivity index (χ3n) is 4.48. The lowest BCUT2D eigenvalue weighted by Gasteiger charge is -2.27. The lowest BCUT2D eigenvalue weighted by Crippen LogP contribution is -3.27. The Hall–Kier alpha value is -1.30. The Morgan fingerprint density at radius 1 is 0.917 bits per heavy atom. The first-order valence-electron chi connectivity index (χ1n) is 9.36. The van der Waals surface area contributed by atoms with Crippen LogP contribution in [-0.2, 0) is 4.74 Å². The molecule has 5 nitrogen and oxygen atoms in total. The van der Waals surface area contributed by atoms with Crippen LogP contribution in [0, 0.1) is 0 Å². The van der Waals surface area contributed by atoms with Gasteiger partial charge >= 0.3 is 0 Å². The Morgan fingerprint density at radius 2 is 1.62 bits per heavy atom. The Balaban J connectivity index is 1.53. The summed E-state index contributed by atoms with van der Waals surface area (Å²) in [5, 5.41) is 0. The molecule has 0 aliphatic carbocycles. The number of ether oxygens (including phenoxy) is 3. The Morgan fingerprint density at radius 3 is 2.33 bits per heavy atom. The summed E-state index contributed by atoms with van der Waals surface area (Å²) in [7, 11) is 2.27. The molecule has 1 heterocycles. The Labute approximate surface area is 146 Å². The predicted molar refractivity (Wildman–Crippen MR) is 95.3 cm³/mol. The van der Waals surface area contributed by atoms with E-state index in [0.717, 1.165) is 44.1 Å². The second-order valence-corrected chi connectivity index (χ2v) is 6.59. The Kier molecular flexibility index (Phi) is 8.95. The highest BCUT2D eigenvalue weighted by atomic mass is 16.5. The first-order chi connectivity index (χ1) is 11.8. The zero-order valence-corrected chi connectivity index (χ0v) is 15.3. The molecule has 24 heavy (non-hydrogen) atoms. The molecule has 136 valence electrons. The topological polar surface area (TPSA) is 36.6 Å². The molecule has 0 bridgehead atoms. The van der Waals surface area contributed by atoms with Crippen molar-refractivity contribution in [1.29, 1.82) is 0 Å². The molecule has 2 rings (SSSR count). The van der Waals surface area contributed by atoms with Crippen LogP contribution in [0.25, 0.3) is 0 Å². The number of unbranched alkanes of at least 4 members (excludes halogenated alkanes) is 1. The maximum absolute atomic E-state index is 5.74. The van der Waals surface area contributed by atoms with Gasteiger partial charge < -0.3 is 24.0 Å². The Bertz CT molecular complexity index is 448. The van der Waals surface area contributed by atoms with Gasteiger partial charge in [0.1, 0.15) is 50.8 Å². The van der Waals surface area contributed by atoms with E-state index >= 15 is 0 Å². The van der Waals surface area contributed by atoms with Gasteiger partial charge in [-0.15, -0.1) is 0 Å². The zero-order valence-electron chi connectivity index (χ0n) is 15.3. The van der Waals surface area contributed by atoms with Crippen molar-refractivity contribution in [2.24, 2.45) is 0 Å². The molecule has 1 fully saturated rings. The quantitative estimate of drug-likeness (QED) is 0.543. The highest BCUT2D eigenvalue weighted by molar-refractivity contribution is 5.32. The molecule has 0 saturated carbocycles. The average molecular weight is 338 g/mol. The van der Waals surface area contributed by atoms with E-state index in [1.807, 2.05) is 24.3 Å². The monoisotopic (exact) mass is 338 g/mol. The van der Waals surface area contributed by atoms with E-state index in [1.165, 1.54) is 26.2 Å². The van der Waals surface area contributed by atoms with Crippen molar-refractivity contribution in [2.45, 2.75) is 19.8 Å². The van der Waals surface area contributed by atoms with Crippen molar-refractivity contribution < 1.29 is 24.0 Å². The minimum absolute atomic E-state index is 0.584. The number of hydrogen-bond donors (Lipinski definition) is 2. The van der Waals surface area contributed by atoms with Gasteiger partial charge in [-0.25, -0.2) is 0 Å². The van der Waals surface area contributed by atoms with Gasteiger partial charge in [0.2, 0.25) is 0 Å². The van der Waals surface area contributed by atoms with Gasteiger partial charge in [-0.1, -0.05) is 19.4 Å². The largest absolute Gasteiger partial charge is 0.493 e. The third-order valence-corrected chi connectivity index (χ3v) is 4.48. The molecular weight excluding hydrogens is 304 g/mol. The van der Waals surface area contributed by atoms with Crippen LogP contribution in [0.4, 0.5) is 0 Å². The van der Waals surface area contributed by atoms with Gasteiger partial charge in [0.25, 0.3) is 0 Å². The number of likely N-dealkylation sites (N-methyl/N-ethyl adjacent to an activating group) is 1. The molecule has 1 aliphatic heterocycles. The van der Waals surface area contributed by atoms with Crippen LogP contribution in [0.2, 0.25) is 0 Å². The summed E-state index contributed by atoms with van der Waals surface area (Å²) in [6.07, 6.45) is 2.22. The van der Waals surface area contributed by atoms with Crippen LogP contribution in [0.5, 0.6) is 11.5 Å². The minimum Gasteiger partial charge on any atom is -0.493 e. The van der Waals surface area contributed by atoms with Gasteiger partial charge in [0, 0.05) is 6.07 Å². The molecule has 0 spiro atoms. The molecule has 1 aromatic carbocycles. The molecule has 0 radical (unpaired) electrons. The number of rotatable bonds is 11. The second kappa shape index (κ2) is 11.3. The first kappa shape index (κ1) is 19.0. The molecular formula is C19H34N2O3+2. The molecule has 1 saturated heterocycles. The van der Waals surface area contributed by atoms with E-state index in [0.29, 0.717) is 13.2 Å². The molecule has 1 aromatic rings. The molecule has 0 unspecified atom stereocenters. The maximum Gasteiger partial charge on any atom is 0.127 e. The summed E-state index contributed by atoms with van der Waals surface area (Å²) in [6, 6.07) is 7.85. The van der Waals surface area contributed by atoms with E-state index in [4.69, 9.17) is 14.2 Å². The second-order valence-electron chi connectivity index (χ2n) is 6.59. The highest BCUT2D eigenvalue weighted by Gasteiger charge is 2.18. The van der Waals surface area contributed by atoms with Crippen LogP contribution in [-0.4, -0.2) is 66.2 Å². The zero-order chi connectivity index (χ0) is 17.0. The molecule has 0 amide bonds. The van der Waals surface area contributed by atoms with Crippen molar-refractivity contribution in [3.8, 4) is 11.5 Å². The highest BCUT2D eigenvalue weighted by Crippen LogP contribution is 2.19. The fourth-order valence-electron chi connectivity index (χ4n) is 2.81. The summed E-state index contributed by atoms with van der Waals surface area (Å²) in [6.45, 7) is 11.1. The summed E-state index contributed by atoms with van der Waals surface area (Å²) in [5.74, 6) is 1.72. The van der Waals surface area contributed by atoms with Crippen LogP contribution in [0.3, 0.4) is 0 Å². The van der Waals surface area contributed by atoms with Gasteiger partial charge in [0.15, 0.2) is 0 Å². The molecule has 5 heteroatoms. The average Bonchev–Trinajstić information content (AvgIpc) is 2.60. The maximum atomic E-state index is 5.74. The number of piperazine rings is 1. The predicted octanol–water partition coefficient (Wildman–Crippen LogP) is -0.326. The van der Waals surface area contributed by atoms with Gasteiger partial charge in [-0.2, -0.15) is 0 Å². The lowest BCUT2D eigenvalue weighted by molar-refractivity contribution is -1.00.